The standard InChI is InChI=1S/C16H11BrN2/c17-10-5-6-15-13(9-10)11-7-8-18-14-4-2-1-3-12(14)16(11)19-15/h1-6,8-9,19H,7H2. The highest BCUT2D eigenvalue weighted by Crippen LogP contribution is 2.38. The zero-order valence-corrected chi connectivity index (χ0v) is 11.7. The summed E-state index contributed by atoms with van der Waals surface area (Å²) in [5.74, 6) is 0. The van der Waals surface area contributed by atoms with Crippen molar-refractivity contribution in [3.63, 3.8) is 0 Å². The molecule has 0 spiro atoms. The van der Waals surface area contributed by atoms with Gasteiger partial charge in [0.25, 0.3) is 0 Å². The van der Waals surface area contributed by atoms with E-state index in [0.717, 1.165) is 16.6 Å². The van der Waals surface area contributed by atoms with E-state index < -0.39 is 0 Å². The molecule has 0 radical (unpaired) electrons. The summed E-state index contributed by atoms with van der Waals surface area (Å²) in [6.45, 7) is 0. The molecule has 0 saturated carbocycles. The fourth-order valence-electron chi connectivity index (χ4n) is 2.69. The van der Waals surface area contributed by atoms with Crippen molar-refractivity contribution in [2.24, 2.45) is 4.99 Å². The number of hydrogen-bond acceptors (Lipinski definition) is 1. The quantitative estimate of drug-likeness (QED) is 0.614. The van der Waals surface area contributed by atoms with Crippen LogP contribution in [0, 0.1) is 0 Å². The van der Waals surface area contributed by atoms with Gasteiger partial charge in [-0.25, -0.2) is 0 Å². The first-order valence-corrected chi connectivity index (χ1v) is 7.04. The number of H-pyrrole nitrogens is 1. The van der Waals surface area contributed by atoms with Gasteiger partial charge in [0, 0.05) is 33.6 Å². The van der Waals surface area contributed by atoms with Crippen molar-refractivity contribution in [3.05, 3.63) is 52.5 Å². The molecule has 3 aromatic rings. The molecule has 2 nitrogen and oxygen atoms in total. The first-order valence-electron chi connectivity index (χ1n) is 6.25. The first-order chi connectivity index (χ1) is 9.33. The monoisotopic (exact) mass is 310 g/mol. The minimum atomic E-state index is 0.862. The number of fused-ring (bicyclic) bond motifs is 5. The van der Waals surface area contributed by atoms with E-state index in [-0.39, 0.29) is 0 Å². The highest BCUT2D eigenvalue weighted by molar-refractivity contribution is 9.10. The lowest BCUT2D eigenvalue weighted by Gasteiger charge is -2.02. The predicted molar refractivity (Wildman–Crippen MR) is 83.3 cm³/mol. The van der Waals surface area contributed by atoms with E-state index in [9.17, 15) is 0 Å². The molecular weight excluding hydrogens is 300 g/mol. The number of nitrogens with one attached hydrogen (secondary N) is 1. The summed E-state index contributed by atoms with van der Waals surface area (Å²) in [6.07, 6.45) is 2.86. The van der Waals surface area contributed by atoms with Gasteiger partial charge in [0.15, 0.2) is 0 Å². The first kappa shape index (κ1) is 11.0. The van der Waals surface area contributed by atoms with Crippen molar-refractivity contribution in [1.29, 1.82) is 0 Å². The molecule has 1 aliphatic rings. The summed E-state index contributed by atoms with van der Waals surface area (Å²) in [5.41, 5.74) is 5.91. The molecule has 0 amide bonds. The van der Waals surface area contributed by atoms with Crippen LogP contribution in [-0.4, -0.2) is 11.2 Å². The fraction of sp³-hybridized carbons (Fsp3) is 0.0625. The molecule has 0 atom stereocenters. The Kier molecular flexibility index (Phi) is 2.35. The van der Waals surface area contributed by atoms with E-state index in [1.54, 1.807) is 0 Å². The van der Waals surface area contributed by atoms with E-state index in [1.807, 2.05) is 12.3 Å². The summed E-state index contributed by atoms with van der Waals surface area (Å²) < 4.78 is 1.11. The third kappa shape index (κ3) is 1.65. The van der Waals surface area contributed by atoms with Gasteiger partial charge in [-0.2, -0.15) is 0 Å². The number of halogens is 1. The van der Waals surface area contributed by atoms with Crippen LogP contribution in [0.4, 0.5) is 5.69 Å². The fourth-order valence-corrected chi connectivity index (χ4v) is 3.06. The van der Waals surface area contributed by atoms with Crippen molar-refractivity contribution >= 4 is 38.7 Å². The Labute approximate surface area is 119 Å². The minimum Gasteiger partial charge on any atom is -0.354 e. The molecule has 19 heavy (non-hydrogen) atoms. The molecule has 0 saturated heterocycles. The van der Waals surface area contributed by atoms with Crippen molar-refractivity contribution < 1.29 is 0 Å². The molecule has 0 aliphatic carbocycles. The molecule has 92 valence electrons. The van der Waals surface area contributed by atoms with Crippen LogP contribution in [0.5, 0.6) is 0 Å². The van der Waals surface area contributed by atoms with Gasteiger partial charge >= 0.3 is 0 Å². The molecule has 0 unspecified atom stereocenters. The Bertz CT molecular complexity index is 815. The SMILES string of the molecule is Brc1ccc2[nH]c3c(c2c1)CC=Nc1ccccc1-3. The van der Waals surface area contributed by atoms with Crippen LogP contribution in [0.15, 0.2) is 51.9 Å². The van der Waals surface area contributed by atoms with Crippen molar-refractivity contribution in [2.75, 3.05) is 0 Å². The summed E-state index contributed by atoms with van der Waals surface area (Å²) in [7, 11) is 0. The third-order valence-corrected chi connectivity index (χ3v) is 4.06. The van der Waals surface area contributed by atoms with Crippen LogP contribution in [0.25, 0.3) is 22.2 Å². The van der Waals surface area contributed by atoms with Crippen molar-refractivity contribution in [1.82, 2.24) is 4.98 Å². The number of aliphatic imine (C=N–C) groups is 1. The van der Waals surface area contributed by atoms with E-state index in [0.29, 0.717) is 0 Å². The molecule has 0 bridgehead atoms. The molecule has 3 heteroatoms. The normalized spacial score (nSPS) is 13.1. The molecule has 4 rings (SSSR count). The van der Waals surface area contributed by atoms with Gasteiger partial charge in [0.2, 0.25) is 0 Å². The maximum Gasteiger partial charge on any atom is 0.0719 e. The summed E-state index contributed by atoms with van der Waals surface area (Å²) in [4.78, 5) is 8.08. The van der Waals surface area contributed by atoms with Crippen LogP contribution in [0.1, 0.15) is 5.56 Å². The summed E-state index contributed by atoms with van der Waals surface area (Å²) in [5, 5.41) is 1.27. The lowest BCUT2D eigenvalue weighted by molar-refractivity contribution is 1.38. The zero-order chi connectivity index (χ0) is 12.8. The van der Waals surface area contributed by atoms with Gasteiger partial charge in [-0.15, -0.1) is 0 Å². The predicted octanol–water partition coefficient (Wildman–Crippen LogP) is 4.86. The number of nitrogens with zero attached hydrogens (tertiary/aromatic N) is 1. The van der Waals surface area contributed by atoms with E-state index in [4.69, 9.17) is 0 Å². The number of hydrogen-bond donors (Lipinski definition) is 1. The van der Waals surface area contributed by atoms with Crippen molar-refractivity contribution in [2.45, 2.75) is 6.42 Å². The van der Waals surface area contributed by atoms with Crippen LogP contribution in [0.2, 0.25) is 0 Å². The molecule has 2 heterocycles. The number of aromatic amines is 1. The molecule has 1 N–H and O–H groups in total. The Morgan fingerprint density at radius 1 is 1.11 bits per heavy atom. The Hall–Kier alpha value is -1.87. The van der Waals surface area contributed by atoms with E-state index in [1.165, 1.54) is 27.7 Å². The minimum absolute atomic E-state index is 0.862. The van der Waals surface area contributed by atoms with E-state index >= 15 is 0 Å². The number of rotatable bonds is 0. The lowest BCUT2D eigenvalue weighted by atomic mass is 10.0. The van der Waals surface area contributed by atoms with Crippen LogP contribution in [0.3, 0.4) is 0 Å². The van der Waals surface area contributed by atoms with Crippen LogP contribution >= 0.6 is 15.9 Å². The Morgan fingerprint density at radius 3 is 2.95 bits per heavy atom. The highest BCUT2D eigenvalue weighted by atomic mass is 79.9. The van der Waals surface area contributed by atoms with Gasteiger partial charge in [-0.05, 0) is 29.8 Å². The van der Waals surface area contributed by atoms with E-state index in [2.05, 4.69) is 62.3 Å². The average Bonchev–Trinajstić information content (AvgIpc) is 2.67. The highest BCUT2D eigenvalue weighted by Gasteiger charge is 2.16. The van der Waals surface area contributed by atoms with Crippen LogP contribution in [-0.2, 0) is 6.42 Å². The lowest BCUT2D eigenvalue weighted by Crippen LogP contribution is -1.85. The third-order valence-electron chi connectivity index (χ3n) is 3.57. The molecular formula is C16H11BrN2. The largest absolute Gasteiger partial charge is 0.354 e. The molecule has 1 aliphatic heterocycles. The Balaban J connectivity index is 2.11. The smallest absolute Gasteiger partial charge is 0.0719 e. The molecule has 2 aromatic carbocycles. The summed E-state index contributed by atoms with van der Waals surface area (Å²) >= 11 is 3.55. The van der Waals surface area contributed by atoms with Gasteiger partial charge in [-0.3, -0.25) is 4.99 Å². The second-order valence-electron chi connectivity index (χ2n) is 4.70. The maximum absolute atomic E-state index is 4.55. The van der Waals surface area contributed by atoms with Gasteiger partial charge in [0.1, 0.15) is 0 Å². The maximum atomic E-state index is 4.55. The number of para-hydroxylation sites is 1. The topological polar surface area (TPSA) is 28.1 Å². The van der Waals surface area contributed by atoms with Gasteiger partial charge in [-0.1, -0.05) is 34.1 Å². The Morgan fingerprint density at radius 2 is 2.00 bits per heavy atom. The zero-order valence-electron chi connectivity index (χ0n) is 10.2. The average molecular weight is 311 g/mol. The second kappa shape index (κ2) is 4.07. The number of aromatic nitrogens is 1. The second-order valence-corrected chi connectivity index (χ2v) is 5.62. The van der Waals surface area contributed by atoms with Crippen LogP contribution < -0.4 is 0 Å². The van der Waals surface area contributed by atoms with Gasteiger partial charge in [0.05, 0.1) is 11.4 Å². The molecule has 0 fully saturated rings. The van der Waals surface area contributed by atoms with Crippen molar-refractivity contribution in [3.8, 4) is 11.3 Å². The molecule has 1 aromatic heterocycles. The number of benzene rings is 2. The summed E-state index contributed by atoms with van der Waals surface area (Å²) in [6, 6.07) is 14.6. The van der Waals surface area contributed by atoms with Gasteiger partial charge < -0.3 is 4.98 Å².